The third-order valence-electron chi connectivity index (χ3n) is 6.49. The van der Waals surface area contributed by atoms with Gasteiger partial charge in [-0.1, -0.05) is 33.3 Å². The van der Waals surface area contributed by atoms with Gasteiger partial charge in [0.25, 0.3) is 0 Å². The molecule has 0 aromatic rings. The van der Waals surface area contributed by atoms with E-state index in [1.165, 1.54) is 19.9 Å². The van der Waals surface area contributed by atoms with Gasteiger partial charge in [-0.15, -0.1) is 0 Å². The second-order valence-corrected chi connectivity index (χ2v) is 9.02. The Morgan fingerprint density at radius 1 is 1.12 bits per heavy atom. The van der Waals surface area contributed by atoms with E-state index in [9.17, 15) is 19.8 Å². The number of carbonyl (C=O) groups excluding carboxylic acids is 2. The number of hydrogen-bond donors (Lipinski definition) is 2. The standard InChI is InChI=1S/C20H32O5/c1-12(21)8-9-14-19(5)11-7-10-18(3,4)16(19)15(25-13(2)22)17(23)20(14,6)24/h8-9,14-17,23-24H,7,10-11H2,1-6H3/b9-8+/t14-,15-,16+,17+,19-,20+/m1/s1. The van der Waals surface area contributed by atoms with Gasteiger partial charge < -0.3 is 14.9 Å². The molecule has 2 aliphatic rings. The molecule has 0 spiro atoms. The van der Waals surface area contributed by atoms with Crippen molar-refractivity contribution in [2.24, 2.45) is 22.7 Å². The fourth-order valence-electron chi connectivity index (χ4n) is 5.63. The quantitative estimate of drug-likeness (QED) is 0.602. The zero-order chi connectivity index (χ0) is 19.2. The second kappa shape index (κ2) is 6.51. The number of allylic oxidation sites excluding steroid dienone is 1. The van der Waals surface area contributed by atoms with Crippen LogP contribution in [0.2, 0.25) is 0 Å². The van der Waals surface area contributed by atoms with Gasteiger partial charge in [-0.3, -0.25) is 9.59 Å². The fourth-order valence-corrected chi connectivity index (χ4v) is 5.63. The summed E-state index contributed by atoms with van der Waals surface area (Å²) < 4.78 is 5.54. The van der Waals surface area contributed by atoms with Gasteiger partial charge in [0.1, 0.15) is 12.2 Å². The third-order valence-corrected chi connectivity index (χ3v) is 6.49. The number of ether oxygens (including phenoxy) is 1. The van der Waals surface area contributed by atoms with Gasteiger partial charge in [-0.05, 0) is 43.6 Å². The number of carbonyl (C=O) groups is 2. The molecule has 2 fully saturated rings. The van der Waals surface area contributed by atoms with Crippen LogP contribution < -0.4 is 0 Å². The molecule has 25 heavy (non-hydrogen) atoms. The molecule has 2 rings (SSSR count). The highest BCUT2D eigenvalue weighted by molar-refractivity contribution is 5.87. The van der Waals surface area contributed by atoms with Crippen molar-refractivity contribution in [3.63, 3.8) is 0 Å². The minimum Gasteiger partial charge on any atom is -0.459 e. The van der Waals surface area contributed by atoms with Crippen LogP contribution in [0.3, 0.4) is 0 Å². The van der Waals surface area contributed by atoms with E-state index in [1.807, 2.05) is 0 Å². The topological polar surface area (TPSA) is 83.8 Å². The predicted molar refractivity (Wildman–Crippen MR) is 94.7 cm³/mol. The van der Waals surface area contributed by atoms with Gasteiger partial charge in [0.2, 0.25) is 0 Å². The van der Waals surface area contributed by atoms with E-state index in [4.69, 9.17) is 4.74 Å². The zero-order valence-electron chi connectivity index (χ0n) is 16.2. The van der Waals surface area contributed by atoms with E-state index in [-0.39, 0.29) is 17.1 Å². The average molecular weight is 352 g/mol. The molecule has 2 aliphatic carbocycles. The van der Waals surface area contributed by atoms with Crippen molar-refractivity contribution in [1.82, 2.24) is 0 Å². The van der Waals surface area contributed by atoms with Crippen LogP contribution in [-0.2, 0) is 14.3 Å². The summed E-state index contributed by atoms with van der Waals surface area (Å²) in [4.78, 5) is 23.2. The summed E-state index contributed by atoms with van der Waals surface area (Å²) in [6, 6.07) is 0. The Morgan fingerprint density at radius 3 is 2.24 bits per heavy atom. The van der Waals surface area contributed by atoms with Gasteiger partial charge in [-0.2, -0.15) is 0 Å². The Labute approximate surface area is 150 Å². The van der Waals surface area contributed by atoms with Crippen LogP contribution in [0.4, 0.5) is 0 Å². The van der Waals surface area contributed by atoms with Gasteiger partial charge in [0, 0.05) is 18.8 Å². The summed E-state index contributed by atoms with van der Waals surface area (Å²) in [7, 11) is 0. The molecular weight excluding hydrogens is 320 g/mol. The van der Waals surface area contributed by atoms with Crippen LogP contribution in [0.25, 0.3) is 0 Å². The zero-order valence-corrected chi connectivity index (χ0v) is 16.2. The Kier molecular flexibility index (Phi) is 5.24. The maximum atomic E-state index is 11.7. The summed E-state index contributed by atoms with van der Waals surface area (Å²) in [5.74, 6) is -1.08. The molecule has 2 N–H and O–H groups in total. The van der Waals surface area contributed by atoms with E-state index in [2.05, 4.69) is 20.8 Å². The van der Waals surface area contributed by atoms with Crippen LogP contribution >= 0.6 is 0 Å². The molecule has 0 aromatic heterocycles. The molecule has 0 unspecified atom stereocenters. The molecule has 5 nitrogen and oxygen atoms in total. The number of hydrogen-bond acceptors (Lipinski definition) is 5. The number of ketones is 1. The Hall–Kier alpha value is -1.20. The summed E-state index contributed by atoms with van der Waals surface area (Å²) >= 11 is 0. The minimum absolute atomic E-state index is 0.0948. The van der Waals surface area contributed by atoms with Gasteiger partial charge in [-0.25, -0.2) is 0 Å². The van der Waals surface area contributed by atoms with E-state index >= 15 is 0 Å². The Balaban J connectivity index is 2.61. The van der Waals surface area contributed by atoms with Crippen LogP contribution in [0, 0.1) is 22.7 Å². The van der Waals surface area contributed by atoms with Crippen molar-refractivity contribution in [2.75, 3.05) is 0 Å². The van der Waals surface area contributed by atoms with Crippen molar-refractivity contribution in [1.29, 1.82) is 0 Å². The molecular formula is C20H32O5. The third kappa shape index (κ3) is 3.41. The predicted octanol–water partition coefficient (Wildman–Crippen LogP) is 2.64. The van der Waals surface area contributed by atoms with Crippen molar-refractivity contribution >= 4 is 11.8 Å². The van der Waals surface area contributed by atoms with Crippen molar-refractivity contribution < 1.29 is 24.5 Å². The van der Waals surface area contributed by atoms with Gasteiger partial charge in [0.15, 0.2) is 5.78 Å². The summed E-state index contributed by atoms with van der Waals surface area (Å²) in [6.07, 6.45) is 4.02. The smallest absolute Gasteiger partial charge is 0.303 e. The second-order valence-electron chi connectivity index (χ2n) is 9.02. The highest BCUT2D eigenvalue weighted by Crippen LogP contribution is 2.62. The summed E-state index contributed by atoms with van der Waals surface area (Å²) in [5, 5.41) is 22.1. The number of esters is 1. The van der Waals surface area contributed by atoms with Crippen LogP contribution in [0.1, 0.15) is 60.8 Å². The molecule has 0 aromatic carbocycles. The highest BCUT2D eigenvalue weighted by atomic mass is 16.6. The van der Waals surface area contributed by atoms with E-state index < -0.39 is 35.1 Å². The normalized spacial score (nSPS) is 43.5. The largest absolute Gasteiger partial charge is 0.459 e. The lowest BCUT2D eigenvalue weighted by Crippen LogP contribution is -2.70. The average Bonchev–Trinajstić information content (AvgIpc) is 2.42. The summed E-state index contributed by atoms with van der Waals surface area (Å²) in [6.45, 7) is 10.7. The molecule has 0 radical (unpaired) electrons. The van der Waals surface area contributed by atoms with Crippen molar-refractivity contribution in [3.05, 3.63) is 12.2 Å². The first-order valence-electron chi connectivity index (χ1n) is 9.10. The number of aliphatic hydroxyl groups is 2. The molecule has 0 amide bonds. The molecule has 2 saturated carbocycles. The lowest BCUT2D eigenvalue weighted by atomic mass is 9.44. The Bertz CT molecular complexity index is 577. The molecule has 0 aliphatic heterocycles. The van der Waals surface area contributed by atoms with Gasteiger partial charge in [0.05, 0.1) is 5.60 Å². The fraction of sp³-hybridized carbons (Fsp3) is 0.800. The molecule has 0 bridgehead atoms. The van der Waals surface area contributed by atoms with Crippen LogP contribution in [-0.4, -0.2) is 39.8 Å². The van der Waals surface area contributed by atoms with Crippen LogP contribution in [0.15, 0.2) is 12.2 Å². The molecule has 5 heteroatoms. The number of fused-ring (bicyclic) bond motifs is 1. The van der Waals surface area contributed by atoms with E-state index in [1.54, 1.807) is 13.0 Å². The number of rotatable bonds is 3. The SMILES string of the molecule is CC(=O)/C=C/[C@H]1[C@](C)(O)[C@@H](O)[C@H](OC(C)=O)[C@H]2C(C)(C)CCC[C@@]21C. The molecule has 142 valence electrons. The first-order chi connectivity index (χ1) is 11.3. The highest BCUT2D eigenvalue weighted by Gasteiger charge is 2.65. The number of aliphatic hydroxyl groups excluding tert-OH is 1. The van der Waals surface area contributed by atoms with Crippen molar-refractivity contribution in [3.8, 4) is 0 Å². The lowest BCUT2D eigenvalue weighted by Gasteiger charge is -2.63. The minimum atomic E-state index is -1.50. The summed E-state index contributed by atoms with van der Waals surface area (Å²) in [5.41, 5.74) is -2.05. The maximum absolute atomic E-state index is 11.7. The monoisotopic (exact) mass is 352 g/mol. The Morgan fingerprint density at radius 2 is 1.72 bits per heavy atom. The first-order valence-corrected chi connectivity index (χ1v) is 9.10. The molecule has 0 heterocycles. The van der Waals surface area contributed by atoms with E-state index in [0.717, 1.165) is 19.3 Å². The maximum Gasteiger partial charge on any atom is 0.303 e. The van der Waals surface area contributed by atoms with Gasteiger partial charge >= 0.3 is 5.97 Å². The van der Waals surface area contributed by atoms with Crippen molar-refractivity contribution in [2.45, 2.75) is 78.6 Å². The molecule has 6 atom stereocenters. The van der Waals surface area contributed by atoms with E-state index in [0.29, 0.717) is 0 Å². The lowest BCUT2D eigenvalue weighted by molar-refractivity contribution is -0.261. The van der Waals surface area contributed by atoms with Crippen LogP contribution in [0.5, 0.6) is 0 Å². The molecule has 0 saturated heterocycles. The first kappa shape index (κ1) is 20.1.